The Kier molecular flexibility index (Phi) is 7.03. The maximum absolute atomic E-state index is 12.8. The van der Waals surface area contributed by atoms with E-state index in [9.17, 15) is 13.2 Å². The quantitative estimate of drug-likeness (QED) is 0.384. The molecule has 3 rings (SSSR count). The first-order valence-corrected chi connectivity index (χ1v) is 10.4. The van der Waals surface area contributed by atoms with Gasteiger partial charge in [0.25, 0.3) is 0 Å². The fraction of sp³-hybridized carbons (Fsp3) is 0.227. The molecule has 9 heteroatoms. The first-order chi connectivity index (χ1) is 14.6. The summed E-state index contributed by atoms with van der Waals surface area (Å²) in [6.45, 7) is 3.87. The van der Waals surface area contributed by atoms with Crippen molar-refractivity contribution in [2.24, 2.45) is 0 Å². The van der Waals surface area contributed by atoms with Crippen LogP contribution in [0, 0.1) is 0 Å². The molecule has 0 radical (unpaired) electrons. The maximum atomic E-state index is 12.8. The summed E-state index contributed by atoms with van der Waals surface area (Å²) >= 11 is 6.88. The van der Waals surface area contributed by atoms with Crippen LogP contribution >= 0.6 is 23.5 Å². The fourth-order valence-electron chi connectivity index (χ4n) is 2.87. The molecule has 0 bridgehead atoms. The van der Waals surface area contributed by atoms with E-state index in [4.69, 9.17) is 16.3 Å². The molecule has 0 spiro atoms. The molecule has 164 valence electrons. The van der Waals surface area contributed by atoms with Crippen molar-refractivity contribution < 1.29 is 22.6 Å². The van der Waals surface area contributed by atoms with Gasteiger partial charge in [-0.25, -0.2) is 4.72 Å². The molecule has 1 aromatic heterocycles. The Morgan fingerprint density at radius 2 is 1.81 bits per heavy atom. The first-order valence-electron chi connectivity index (χ1n) is 9.17. The van der Waals surface area contributed by atoms with Crippen molar-refractivity contribution in [3.05, 3.63) is 71.5 Å². The second-order valence-electron chi connectivity index (χ2n) is 7.12. The van der Waals surface area contributed by atoms with Crippen LogP contribution in [0.5, 0.6) is 11.5 Å². The normalized spacial score (nSPS) is 12.0. The molecule has 0 aliphatic heterocycles. The van der Waals surface area contributed by atoms with Crippen LogP contribution in [-0.4, -0.2) is 18.5 Å². The van der Waals surface area contributed by atoms with E-state index in [1.807, 2.05) is 44.2 Å². The van der Waals surface area contributed by atoms with E-state index in [0.29, 0.717) is 5.75 Å². The Balaban J connectivity index is 1.84. The molecule has 1 heterocycles. The number of nitrogens with zero attached hydrogens (tertiary/aromatic N) is 1. The van der Waals surface area contributed by atoms with Gasteiger partial charge in [-0.05, 0) is 61.2 Å². The molecule has 4 nitrogen and oxygen atoms in total. The van der Waals surface area contributed by atoms with E-state index >= 15 is 0 Å². The third-order valence-corrected chi connectivity index (χ3v) is 5.85. The molecule has 0 saturated heterocycles. The smallest absolute Gasteiger partial charge is 0.494 e. The molecule has 31 heavy (non-hydrogen) atoms. The van der Waals surface area contributed by atoms with Gasteiger partial charge in [-0.1, -0.05) is 29.8 Å². The monoisotopic (exact) mass is 468 g/mol. The summed E-state index contributed by atoms with van der Waals surface area (Å²) in [6, 6.07) is 13.8. The number of pyridine rings is 1. The molecule has 0 atom stereocenters. The average Bonchev–Trinajstić information content (AvgIpc) is 2.72. The first kappa shape index (κ1) is 23.2. The van der Waals surface area contributed by atoms with Crippen molar-refractivity contribution in [3.63, 3.8) is 0 Å². The van der Waals surface area contributed by atoms with Gasteiger partial charge < -0.3 is 9.47 Å². The molecule has 3 aromatic rings. The summed E-state index contributed by atoms with van der Waals surface area (Å²) in [5.41, 5.74) is 2.17. The Bertz CT molecular complexity index is 1060. The fourth-order valence-corrected chi connectivity index (χ4v) is 3.85. The highest BCUT2D eigenvalue weighted by molar-refractivity contribution is 7.97. The second kappa shape index (κ2) is 9.38. The summed E-state index contributed by atoms with van der Waals surface area (Å²) < 4.78 is 51.0. The van der Waals surface area contributed by atoms with Crippen molar-refractivity contribution in [1.82, 2.24) is 9.71 Å². The molecule has 0 unspecified atom stereocenters. The largest absolute Gasteiger partial charge is 0.573 e. The van der Waals surface area contributed by atoms with E-state index in [1.54, 1.807) is 19.5 Å². The highest BCUT2D eigenvalue weighted by Gasteiger charge is 2.32. The molecule has 0 fully saturated rings. The van der Waals surface area contributed by atoms with E-state index in [-0.39, 0.29) is 15.7 Å². The Morgan fingerprint density at radius 3 is 2.52 bits per heavy atom. The van der Waals surface area contributed by atoms with Gasteiger partial charge in [0.15, 0.2) is 0 Å². The number of halogens is 4. The van der Waals surface area contributed by atoms with Crippen molar-refractivity contribution >= 4 is 23.5 Å². The lowest BCUT2D eigenvalue weighted by atomic mass is 9.92. The molecule has 1 N–H and O–H groups in total. The van der Waals surface area contributed by atoms with E-state index in [0.717, 1.165) is 34.7 Å². The van der Waals surface area contributed by atoms with E-state index < -0.39 is 11.9 Å². The summed E-state index contributed by atoms with van der Waals surface area (Å²) in [5, 5.41) is 0.154. The number of nitrogens with one attached hydrogen (secondary N) is 1. The summed E-state index contributed by atoms with van der Waals surface area (Å²) in [6.07, 6.45) is -1.48. The number of hydrogen-bond acceptors (Lipinski definition) is 5. The third-order valence-electron chi connectivity index (χ3n) is 4.45. The second-order valence-corrected chi connectivity index (χ2v) is 8.41. The highest BCUT2D eigenvalue weighted by Crippen LogP contribution is 2.37. The minimum atomic E-state index is -4.81. The van der Waals surface area contributed by atoms with Crippen LogP contribution in [0.25, 0.3) is 11.1 Å². The lowest BCUT2D eigenvalue weighted by Crippen LogP contribution is -2.31. The predicted molar refractivity (Wildman–Crippen MR) is 116 cm³/mol. The Hall–Kier alpha value is -2.42. The van der Waals surface area contributed by atoms with Gasteiger partial charge in [0, 0.05) is 28.4 Å². The van der Waals surface area contributed by atoms with Gasteiger partial charge in [-0.2, -0.15) is 0 Å². The lowest BCUT2D eigenvalue weighted by molar-refractivity contribution is -0.275. The van der Waals surface area contributed by atoms with Gasteiger partial charge in [0.05, 0.1) is 18.2 Å². The van der Waals surface area contributed by atoms with Gasteiger partial charge in [0.2, 0.25) is 0 Å². The van der Waals surface area contributed by atoms with Gasteiger partial charge >= 0.3 is 6.36 Å². The van der Waals surface area contributed by atoms with Gasteiger partial charge in [-0.3, -0.25) is 4.98 Å². The summed E-state index contributed by atoms with van der Waals surface area (Å²) in [5.74, 6) is 0.290. The molecular formula is C22H20ClF3N2O2S. The SMILES string of the molecule is COc1cnccc1-c1cccc(C(C)(C)NSc2ccc(Cl)cc2OC(F)(F)F)c1. The van der Waals surface area contributed by atoms with Crippen LogP contribution in [0.2, 0.25) is 5.02 Å². The zero-order valence-electron chi connectivity index (χ0n) is 17.0. The highest BCUT2D eigenvalue weighted by atomic mass is 35.5. The maximum Gasteiger partial charge on any atom is 0.573 e. The summed E-state index contributed by atoms with van der Waals surface area (Å²) in [4.78, 5) is 4.34. The van der Waals surface area contributed by atoms with Crippen molar-refractivity contribution in [2.75, 3.05) is 7.11 Å². The van der Waals surface area contributed by atoms with E-state index in [2.05, 4.69) is 14.4 Å². The van der Waals surface area contributed by atoms with E-state index in [1.165, 1.54) is 12.1 Å². The lowest BCUT2D eigenvalue weighted by Gasteiger charge is -2.27. The number of rotatable bonds is 7. The number of alkyl halides is 3. The number of hydrogen-bond donors (Lipinski definition) is 1. The zero-order valence-corrected chi connectivity index (χ0v) is 18.5. The van der Waals surface area contributed by atoms with Crippen LogP contribution in [0.15, 0.2) is 65.8 Å². The molecule has 2 aromatic carbocycles. The van der Waals surface area contributed by atoms with Crippen molar-refractivity contribution in [3.8, 4) is 22.6 Å². The van der Waals surface area contributed by atoms with Crippen molar-refractivity contribution in [2.45, 2.75) is 30.6 Å². The molecule has 0 amide bonds. The molecule has 0 aliphatic rings. The van der Waals surface area contributed by atoms with Crippen LogP contribution in [0.3, 0.4) is 0 Å². The minimum absolute atomic E-state index is 0.154. The van der Waals surface area contributed by atoms with Crippen molar-refractivity contribution in [1.29, 1.82) is 0 Å². The molecule has 0 saturated carbocycles. The van der Waals surface area contributed by atoms with Crippen LogP contribution < -0.4 is 14.2 Å². The standard InChI is InChI=1S/C22H20ClF3N2O2S/c1-21(2,28-31-20-8-7-16(23)12-18(20)30-22(24,25)26)15-6-4-5-14(11-15)17-9-10-27-13-19(17)29-3/h4-13,28H,1-3H3. The third kappa shape index (κ3) is 6.06. The molecular weight excluding hydrogens is 449 g/mol. The van der Waals surface area contributed by atoms with Gasteiger partial charge in [-0.15, -0.1) is 13.2 Å². The van der Waals surface area contributed by atoms with Crippen LogP contribution in [0.1, 0.15) is 19.4 Å². The van der Waals surface area contributed by atoms with Crippen LogP contribution in [0.4, 0.5) is 13.2 Å². The molecule has 0 aliphatic carbocycles. The number of benzene rings is 2. The zero-order chi connectivity index (χ0) is 22.6. The summed E-state index contributed by atoms with van der Waals surface area (Å²) in [7, 11) is 1.58. The Morgan fingerprint density at radius 1 is 1.03 bits per heavy atom. The average molecular weight is 469 g/mol. The number of methoxy groups -OCH3 is 1. The minimum Gasteiger partial charge on any atom is -0.494 e. The number of ether oxygens (including phenoxy) is 2. The Labute approximate surface area is 187 Å². The predicted octanol–water partition coefficient (Wildman–Crippen LogP) is 6.84. The van der Waals surface area contributed by atoms with Gasteiger partial charge in [0.1, 0.15) is 11.5 Å². The number of aromatic nitrogens is 1. The topological polar surface area (TPSA) is 43.4 Å². The van der Waals surface area contributed by atoms with Crippen LogP contribution in [-0.2, 0) is 5.54 Å².